The minimum Gasteiger partial charge on any atom is -0.457 e. The molecule has 6 nitrogen and oxygen atoms in total. The van der Waals surface area contributed by atoms with Crippen LogP contribution in [0.1, 0.15) is 74.9 Å². The Morgan fingerprint density at radius 3 is 1.97 bits per heavy atom. The molecule has 3 aliphatic heterocycles. The van der Waals surface area contributed by atoms with Crippen molar-refractivity contribution in [3.8, 4) is 28.8 Å². The first-order valence-corrected chi connectivity index (χ1v) is 20.3. The Labute approximate surface area is 339 Å². The Balaban J connectivity index is 1.17. The van der Waals surface area contributed by atoms with E-state index in [1.54, 1.807) is 0 Å². The number of hydrogen-bond acceptors (Lipinski definition) is 5. The maximum Gasteiger partial charge on any atom is 0.137 e. The van der Waals surface area contributed by atoms with Crippen molar-refractivity contribution in [1.82, 2.24) is 9.55 Å². The van der Waals surface area contributed by atoms with Crippen LogP contribution >= 0.6 is 0 Å². The van der Waals surface area contributed by atoms with Crippen LogP contribution in [-0.4, -0.2) is 23.3 Å². The molecule has 5 heterocycles. The van der Waals surface area contributed by atoms with Gasteiger partial charge in [0.15, 0.2) is 0 Å². The first-order chi connectivity index (χ1) is 27.9. The molecule has 6 heteroatoms. The van der Waals surface area contributed by atoms with Gasteiger partial charge in [-0.25, -0.2) is 4.98 Å². The van der Waals surface area contributed by atoms with Crippen molar-refractivity contribution >= 4 is 38.9 Å². The highest BCUT2D eigenvalue weighted by Gasteiger charge is 2.56. The molecule has 0 saturated carbocycles. The van der Waals surface area contributed by atoms with Crippen LogP contribution in [0.25, 0.3) is 27.6 Å². The summed E-state index contributed by atoms with van der Waals surface area (Å²) in [6.07, 6.45) is 1.85. The summed E-state index contributed by atoms with van der Waals surface area (Å²) in [4.78, 5) is 9.61. The summed E-state index contributed by atoms with van der Waals surface area (Å²) < 4.78 is 16.2. The average Bonchev–Trinajstić information content (AvgIpc) is 3.73. The zero-order chi connectivity index (χ0) is 39.7. The second-order valence-electron chi connectivity index (χ2n) is 18.2. The molecule has 8 aromatic rings. The maximum atomic E-state index is 7.05. The summed E-state index contributed by atoms with van der Waals surface area (Å²) in [5.74, 6) is 4.24. The van der Waals surface area contributed by atoms with Crippen molar-refractivity contribution < 1.29 is 9.47 Å². The van der Waals surface area contributed by atoms with Crippen LogP contribution < -0.4 is 19.3 Å². The van der Waals surface area contributed by atoms with Gasteiger partial charge in [-0.1, -0.05) is 108 Å². The van der Waals surface area contributed by atoms with E-state index in [9.17, 15) is 0 Å². The van der Waals surface area contributed by atoms with Crippen molar-refractivity contribution in [2.75, 3.05) is 23.5 Å². The van der Waals surface area contributed by atoms with E-state index in [0.29, 0.717) is 0 Å². The first kappa shape index (κ1) is 34.7. The summed E-state index contributed by atoms with van der Waals surface area (Å²) in [5, 5.41) is 2.34. The summed E-state index contributed by atoms with van der Waals surface area (Å²) >= 11 is 0. The van der Waals surface area contributed by atoms with Crippen LogP contribution in [0.5, 0.6) is 23.0 Å². The lowest BCUT2D eigenvalue weighted by molar-refractivity contribution is 0.417. The van der Waals surface area contributed by atoms with Gasteiger partial charge in [0.2, 0.25) is 0 Å². The summed E-state index contributed by atoms with van der Waals surface area (Å²) in [6.45, 7) is 14.7. The van der Waals surface area contributed by atoms with Gasteiger partial charge < -0.3 is 19.3 Å². The zero-order valence-corrected chi connectivity index (χ0v) is 34.1. The number of nitrogens with zero attached hydrogens (tertiary/aromatic N) is 4. The van der Waals surface area contributed by atoms with Crippen LogP contribution in [-0.2, 0) is 16.2 Å². The lowest BCUT2D eigenvalue weighted by Crippen LogP contribution is -2.43. The highest BCUT2D eigenvalue weighted by Crippen LogP contribution is 2.67. The number of rotatable bonds is 3. The minimum atomic E-state index is -0.680. The third kappa shape index (κ3) is 4.75. The third-order valence-corrected chi connectivity index (χ3v) is 12.5. The fourth-order valence-electron chi connectivity index (χ4n) is 10.2. The normalized spacial score (nSPS) is 14.9. The van der Waals surface area contributed by atoms with Gasteiger partial charge in [-0.3, -0.25) is 4.57 Å². The second kappa shape index (κ2) is 12.0. The van der Waals surface area contributed by atoms with Gasteiger partial charge in [0.25, 0.3) is 0 Å². The number of aromatic nitrogens is 2. The predicted molar refractivity (Wildman–Crippen MR) is 236 cm³/mol. The van der Waals surface area contributed by atoms with Crippen LogP contribution in [0, 0.1) is 0 Å². The lowest BCUT2D eigenvalue weighted by atomic mass is 9.56. The van der Waals surface area contributed by atoms with E-state index in [1.165, 1.54) is 50.1 Å². The fraction of sp³-hybridized carbons (Fsp3) is 0.212. The van der Waals surface area contributed by atoms with Gasteiger partial charge in [0, 0.05) is 47.3 Å². The Hall–Kier alpha value is -6.53. The monoisotopic (exact) mass is 758 g/mol. The molecule has 0 fully saturated rings. The first-order valence-electron chi connectivity index (χ1n) is 20.3. The molecule has 0 bridgehead atoms. The molecule has 1 spiro atoms. The highest BCUT2D eigenvalue weighted by atomic mass is 16.5. The Morgan fingerprint density at radius 2 is 1.26 bits per heavy atom. The molecule has 0 N–H and O–H groups in total. The van der Waals surface area contributed by atoms with Crippen molar-refractivity contribution in [1.29, 1.82) is 0 Å². The summed E-state index contributed by atoms with van der Waals surface area (Å²) in [5.41, 5.74) is 12.2. The molecular formula is C52H46N4O2. The molecule has 58 heavy (non-hydrogen) atoms. The van der Waals surface area contributed by atoms with Crippen LogP contribution in [0.3, 0.4) is 0 Å². The smallest absolute Gasteiger partial charge is 0.137 e. The molecule has 6 aromatic carbocycles. The topological polar surface area (TPSA) is 42.8 Å². The van der Waals surface area contributed by atoms with Crippen LogP contribution in [0.2, 0.25) is 0 Å². The number of hydrogen-bond donors (Lipinski definition) is 0. The van der Waals surface area contributed by atoms with Gasteiger partial charge in [-0.2, -0.15) is 0 Å². The summed E-state index contributed by atoms with van der Waals surface area (Å²) in [7, 11) is 2.20. The van der Waals surface area contributed by atoms with E-state index >= 15 is 0 Å². The maximum absolute atomic E-state index is 7.05. The molecule has 11 rings (SSSR count). The van der Waals surface area contributed by atoms with Gasteiger partial charge in [0.1, 0.15) is 28.8 Å². The molecule has 0 aliphatic carbocycles. The van der Waals surface area contributed by atoms with Crippen molar-refractivity contribution in [2.24, 2.45) is 0 Å². The van der Waals surface area contributed by atoms with Crippen LogP contribution in [0.4, 0.5) is 17.1 Å². The second-order valence-corrected chi connectivity index (χ2v) is 18.2. The zero-order valence-electron chi connectivity index (χ0n) is 34.1. The third-order valence-electron chi connectivity index (χ3n) is 12.5. The van der Waals surface area contributed by atoms with Gasteiger partial charge >= 0.3 is 0 Å². The predicted octanol–water partition coefficient (Wildman–Crippen LogP) is 12.9. The van der Waals surface area contributed by atoms with Crippen molar-refractivity contribution in [3.63, 3.8) is 0 Å². The molecule has 3 aliphatic rings. The molecule has 0 atom stereocenters. The Morgan fingerprint density at radius 1 is 0.603 bits per heavy atom. The number of para-hydroxylation sites is 2. The van der Waals surface area contributed by atoms with Crippen molar-refractivity contribution in [2.45, 2.75) is 57.8 Å². The Bertz CT molecular complexity index is 2920. The Kier molecular flexibility index (Phi) is 7.18. The number of ether oxygens (including phenoxy) is 2. The SMILES string of the molecule is CN1CN2c3cc(Oc4ccc5c6ccccc6n(-c6ccccn6)c5c4)ccc3C3(c4cccc1c42)c1c(cccc1C(C)(C)C)Oc1cccc(C(C)(C)C)c13. The number of anilines is 3. The summed E-state index contributed by atoms with van der Waals surface area (Å²) in [6, 6.07) is 47.9. The van der Waals surface area contributed by atoms with E-state index in [0.717, 1.165) is 57.6 Å². The highest BCUT2D eigenvalue weighted by molar-refractivity contribution is 6.09. The van der Waals surface area contributed by atoms with Crippen LogP contribution in [0.15, 0.2) is 140 Å². The lowest BCUT2D eigenvalue weighted by Gasteiger charge is -2.50. The minimum absolute atomic E-state index is 0.165. The number of pyridine rings is 1. The van der Waals surface area contributed by atoms with Crippen molar-refractivity contribution in [3.05, 3.63) is 173 Å². The molecular weight excluding hydrogens is 713 g/mol. The molecule has 0 saturated heterocycles. The number of fused-ring (bicyclic) bond motifs is 11. The molecule has 2 aromatic heterocycles. The van der Waals surface area contributed by atoms with E-state index in [2.05, 4.69) is 184 Å². The molecule has 0 unspecified atom stereocenters. The average molecular weight is 759 g/mol. The van der Waals surface area contributed by atoms with Gasteiger partial charge in [-0.15, -0.1) is 0 Å². The standard InChI is InChI=1S/C52H46N4O2/c1-50(2,3)37-16-13-21-44-47(37)52(48-38(51(4,5)6)17-14-22-45(48)58-44)36-27-25-33(30-43(36)55-31-54(7)41-20-12-18-39(52)49(41)55)57-32-24-26-35-34-15-8-9-19-40(34)56(42(35)29-32)46-23-10-11-28-53-46/h8-30H,31H2,1-7H3. The van der Waals surface area contributed by atoms with Gasteiger partial charge in [-0.05, 0) is 87.7 Å². The fourth-order valence-corrected chi connectivity index (χ4v) is 10.2. The van der Waals surface area contributed by atoms with E-state index in [4.69, 9.17) is 14.5 Å². The van der Waals surface area contributed by atoms with Gasteiger partial charge in [0.05, 0.1) is 40.2 Å². The van der Waals surface area contributed by atoms with E-state index in [1.807, 2.05) is 18.3 Å². The van der Waals surface area contributed by atoms with E-state index in [-0.39, 0.29) is 10.8 Å². The van der Waals surface area contributed by atoms with E-state index < -0.39 is 5.41 Å². The molecule has 286 valence electrons. The molecule has 0 amide bonds. The largest absolute Gasteiger partial charge is 0.457 e. The molecule has 0 radical (unpaired) electrons. The number of benzene rings is 6. The quantitative estimate of drug-likeness (QED) is 0.179.